The molecule has 4 rings (SSSR count). The topological polar surface area (TPSA) is 24.5 Å². The van der Waals surface area contributed by atoms with Gasteiger partial charge in [0.05, 0.1) is 18.8 Å². The third kappa shape index (κ3) is 4.66. The van der Waals surface area contributed by atoms with Crippen LogP contribution in [0.3, 0.4) is 0 Å². The minimum atomic E-state index is -0.563. The smallest absolute Gasteiger partial charge is 0.126 e. The van der Waals surface area contributed by atoms with E-state index in [4.69, 9.17) is 4.74 Å². The molecule has 0 saturated carbocycles. The van der Waals surface area contributed by atoms with Gasteiger partial charge in [-0.05, 0) is 41.7 Å². The Morgan fingerprint density at radius 2 is 1.68 bits per heavy atom. The van der Waals surface area contributed by atoms with Crippen molar-refractivity contribution in [3.8, 4) is 0 Å². The fourth-order valence-corrected chi connectivity index (χ4v) is 4.36. The molecular formula is C21H26Cl2F2N2O. The molecule has 0 aromatic heterocycles. The Morgan fingerprint density at radius 1 is 1.00 bits per heavy atom. The van der Waals surface area contributed by atoms with Crippen LogP contribution in [0.1, 0.15) is 23.1 Å². The molecule has 1 heterocycles. The molecule has 2 aromatic carbocycles. The first kappa shape index (κ1) is 23.0. The van der Waals surface area contributed by atoms with Crippen molar-refractivity contribution >= 4 is 24.8 Å². The van der Waals surface area contributed by atoms with Crippen LogP contribution in [-0.2, 0) is 23.3 Å². The summed E-state index contributed by atoms with van der Waals surface area (Å²) in [4.78, 5) is 2.52. The minimum absolute atomic E-state index is 0. The molecule has 154 valence electrons. The van der Waals surface area contributed by atoms with Crippen molar-refractivity contribution < 1.29 is 13.5 Å². The van der Waals surface area contributed by atoms with Crippen LogP contribution < -0.4 is 5.32 Å². The molecular weight excluding hydrogens is 405 g/mol. The summed E-state index contributed by atoms with van der Waals surface area (Å²) in [5.41, 5.74) is 3.10. The summed E-state index contributed by atoms with van der Waals surface area (Å²) in [6, 6.07) is 12.1. The molecule has 1 N–H and O–H groups in total. The van der Waals surface area contributed by atoms with Crippen LogP contribution in [0.5, 0.6) is 0 Å². The number of halogens is 4. The first-order valence-electron chi connectivity index (χ1n) is 9.24. The van der Waals surface area contributed by atoms with Gasteiger partial charge in [0.2, 0.25) is 0 Å². The molecule has 2 aliphatic rings. The molecule has 1 saturated heterocycles. The van der Waals surface area contributed by atoms with E-state index in [1.807, 2.05) is 0 Å². The Labute approximate surface area is 177 Å². The molecule has 28 heavy (non-hydrogen) atoms. The average molecular weight is 431 g/mol. The molecule has 1 aliphatic carbocycles. The summed E-state index contributed by atoms with van der Waals surface area (Å²) >= 11 is 0. The molecule has 0 unspecified atom stereocenters. The lowest BCUT2D eigenvalue weighted by molar-refractivity contribution is -0.0241. The van der Waals surface area contributed by atoms with Crippen LogP contribution in [0.25, 0.3) is 0 Å². The van der Waals surface area contributed by atoms with Gasteiger partial charge in [0.25, 0.3) is 0 Å². The number of ether oxygens (including phenoxy) is 1. The second kappa shape index (κ2) is 9.99. The SMILES string of the molecule is Cl.Cl.Fc1cc(F)cc(COC[C@@]2(N3CCNCC3)CCc3ccccc32)c1. The summed E-state index contributed by atoms with van der Waals surface area (Å²) in [7, 11) is 0. The van der Waals surface area contributed by atoms with Gasteiger partial charge in [-0.3, -0.25) is 4.90 Å². The summed E-state index contributed by atoms with van der Waals surface area (Å²) in [6.45, 7) is 4.64. The van der Waals surface area contributed by atoms with Gasteiger partial charge >= 0.3 is 0 Å². The third-order valence-electron chi connectivity index (χ3n) is 5.58. The summed E-state index contributed by atoms with van der Waals surface area (Å²) in [5, 5.41) is 3.41. The van der Waals surface area contributed by atoms with Crippen molar-refractivity contribution in [3.63, 3.8) is 0 Å². The van der Waals surface area contributed by atoms with Crippen LogP contribution in [0, 0.1) is 11.6 Å². The van der Waals surface area contributed by atoms with E-state index in [1.54, 1.807) is 0 Å². The lowest BCUT2D eigenvalue weighted by atomic mass is 9.89. The lowest BCUT2D eigenvalue weighted by Gasteiger charge is -2.44. The van der Waals surface area contributed by atoms with Gasteiger partial charge in [0.15, 0.2) is 0 Å². The molecule has 3 nitrogen and oxygen atoms in total. The quantitative estimate of drug-likeness (QED) is 0.773. The van der Waals surface area contributed by atoms with E-state index in [0.717, 1.165) is 45.1 Å². The highest BCUT2D eigenvalue weighted by Crippen LogP contribution is 2.42. The molecule has 1 atom stereocenters. The maximum Gasteiger partial charge on any atom is 0.126 e. The number of rotatable bonds is 5. The van der Waals surface area contributed by atoms with Crippen LogP contribution >= 0.6 is 24.8 Å². The predicted octanol–water partition coefficient (Wildman–Crippen LogP) is 4.07. The van der Waals surface area contributed by atoms with Crippen molar-refractivity contribution in [1.29, 1.82) is 0 Å². The second-order valence-electron chi connectivity index (χ2n) is 7.20. The molecule has 2 aromatic rings. The Bertz CT molecular complexity index is 767. The fraction of sp³-hybridized carbons (Fsp3) is 0.429. The molecule has 1 fully saturated rings. The Kier molecular flexibility index (Phi) is 8.22. The number of fused-ring (bicyclic) bond motifs is 1. The Hall–Kier alpha value is -1.24. The maximum atomic E-state index is 13.4. The summed E-state index contributed by atoms with van der Waals surface area (Å²) < 4.78 is 32.8. The molecule has 0 amide bonds. The third-order valence-corrected chi connectivity index (χ3v) is 5.58. The van der Waals surface area contributed by atoms with Crippen LogP contribution in [-0.4, -0.2) is 37.7 Å². The normalized spacial score (nSPS) is 21.5. The predicted molar refractivity (Wildman–Crippen MR) is 111 cm³/mol. The van der Waals surface area contributed by atoms with Crippen molar-refractivity contribution in [3.05, 3.63) is 70.8 Å². The lowest BCUT2D eigenvalue weighted by Crippen LogP contribution is -2.55. The minimum Gasteiger partial charge on any atom is -0.374 e. The standard InChI is InChI=1S/C21H24F2N2O.2ClH/c22-18-11-16(12-19(23)13-18)14-26-15-21(25-9-7-24-8-10-25)6-5-17-3-1-2-4-20(17)21;;/h1-4,11-13,24H,5-10,14-15H2;2*1H/t21-;;/m0../s1. The average Bonchev–Trinajstić information content (AvgIpc) is 3.02. The highest BCUT2D eigenvalue weighted by molar-refractivity contribution is 5.85. The highest BCUT2D eigenvalue weighted by Gasteiger charge is 2.44. The van der Waals surface area contributed by atoms with Crippen LogP contribution in [0.4, 0.5) is 8.78 Å². The molecule has 0 bridgehead atoms. The van der Waals surface area contributed by atoms with Crippen molar-refractivity contribution in [2.45, 2.75) is 25.0 Å². The van der Waals surface area contributed by atoms with Crippen LogP contribution in [0.15, 0.2) is 42.5 Å². The largest absolute Gasteiger partial charge is 0.374 e. The van der Waals surface area contributed by atoms with Gasteiger partial charge in [-0.1, -0.05) is 24.3 Å². The van der Waals surface area contributed by atoms with Gasteiger partial charge in [-0.2, -0.15) is 0 Å². The van der Waals surface area contributed by atoms with Gasteiger partial charge in [0.1, 0.15) is 11.6 Å². The number of aryl methyl sites for hydroxylation is 1. The number of nitrogens with zero attached hydrogens (tertiary/aromatic N) is 1. The molecule has 1 aliphatic heterocycles. The van der Waals surface area contributed by atoms with E-state index in [9.17, 15) is 8.78 Å². The number of hydrogen-bond acceptors (Lipinski definition) is 3. The number of nitrogens with one attached hydrogen (secondary N) is 1. The van der Waals surface area contributed by atoms with E-state index in [-0.39, 0.29) is 37.0 Å². The molecule has 0 spiro atoms. The number of benzene rings is 2. The Morgan fingerprint density at radius 3 is 2.39 bits per heavy atom. The van der Waals surface area contributed by atoms with E-state index in [2.05, 4.69) is 34.5 Å². The monoisotopic (exact) mass is 430 g/mol. The zero-order chi connectivity index (χ0) is 18.0. The first-order chi connectivity index (χ1) is 12.7. The van der Waals surface area contributed by atoms with Gasteiger partial charge in [-0.15, -0.1) is 24.8 Å². The van der Waals surface area contributed by atoms with Crippen LogP contribution in [0.2, 0.25) is 0 Å². The number of hydrogen-bond donors (Lipinski definition) is 1. The van der Waals surface area contributed by atoms with E-state index < -0.39 is 11.6 Å². The van der Waals surface area contributed by atoms with Crippen molar-refractivity contribution in [1.82, 2.24) is 10.2 Å². The molecule has 7 heteroatoms. The summed E-state index contributed by atoms with van der Waals surface area (Å²) in [5.74, 6) is -1.13. The van der Waals surface area contributed by atoms with E-state index in [0.29, 0.717) is 12.2 Å². The second-order valence-corrected chi connectivity index (χ2v) is 7.20. The molecule has 0 radical (unpaired) electrons. The maximum absolute atomic E-state index is 13.4. The van der Waals surface area contributed by atoms with Gasteiger partial charge in [-0.25, -0.2) is 8.78 Å². The van der Waals surface area contributed by atoms with E-state index in [1.165, 1.54) is 23.3 Å². The first-order valence-corrected chi connectivity index (χ1v) is 9.24. The van der Waals surface area contributed by atoms with Gasteiger partial charge in [0, 0.05) is 32.2 Å². The van der Waals surface area contributed by atoms with Crippen molar-refractivity contribution in [2.24, 2.45) is 0 Å². The van der Waals surface area contributed by atoms with E-state index >= 15 is 0 Å². The fourth-order valence-electron chi connectivity index (χ4n) is 4.36. The highest BCUT2D eigenvalue weighted by atomic mass is 35.5. The number of piperazine rings is 1. The zero-order valence-electron chi connectivity index (χ0n) is 15.6. The zero-order valence-corrected chi connectivity index (χ0v) is 17.3. The summed E-state index contributed by atoms with van der Waals surface area (Å²) in [6.07, 6.45) is 2.06. The van der Waals surface area contributed by atoms with Gasteiger partial charge < -0.3 is 10.1 Å². The van der Waals surface area contributed by atoms with Crippen molar-refractivity contribution in [2.75, 3.05) is 32.8 Å². The Balaban J connectivity index is 0.00000140.